The fraction of sp³-hybridized carbons (Fsp3) is 0.455. The topological polar surface area (TPSA) is 38.9 Å². The zero-order valence-electron chi connectivity index (χ0n) is 8.44. The Hall–Kier alpha value is -0.960. The van der Waals surface area contributed by atoms with E-state index in [0.29, 0.717) is 4.99 Å². The van der Waals surface area contributed by atoms with Crippen LogP contribution in [0, 0.1) is 0 Å². The summed E-state index contributed by atoms with van der Waals surface area (Å²) in [6.45, 7) is 2.16. The largest absolute Gasteiger partial charge is 0.393 e. The third-order valence-electron chi connectivity index (χ3n) is 2.23. The SMILES string of the molecule is CCCCC(C(N)=S)c1ccccn1. The van der Waals surface area contributed by atoms with Crippen LogP contribution in [0.4, 0.5) is 0 Å². The smallest absolute Gasteiger partial charge is 0.0819 e. The summed E-state index contributed by atoms with van der Waals surface area (Å²) in [4.78, 5) is 4.84. The zero-order valence-corrected chi connectivity index (χ0v) is 9.26. The number of aromatic nitrogens is 1. The van der Waals surface area contributed by atoms with Gasteiger partial charge in [-0.05, 0) is 18.6 Å². The van der Waals surface area contributed by atoms with Gasteiger partial charge in [0.2, 0.25) is 0 Å². The molecule has 0 aliphatic carbocycles. The summed E-state index contributed by atoms with van der Waals surface area (Å²) in [5, 5.41) is 0. The van der Waals surface area contributed by atoms with Crippen molar-refractivity contribution in [1.82, 2.24) is 4.98 Å². The van der Waals surface area contributed by atoms with E-state index in [0.717, 1.165) is 25.0 Å². The second-order valence-corrected chi connectivity index (χ2v) is 3.82. The van der Waals surface area contributed by atoms with Crippen molar-refractivity contribution in [2.24, 2.45) is 5.73 Å². The number of hydrogen-bond donors (Lipinski definition) is 1. The molecule has 14 heavy (non-hydrogen) atoms. The molecule has 0 saturated heterocycles. The molecule has 1 aromatic rings. The van der Waals surface area contributed by atoms with Gasteiger partial charge < -0.3 is 5.73 Å². The lowest BCUT2D eigenvalue weighted by molar-refractivity contribution is 0.674. The average Bonchev–Trinajstić information content (AvgIpc) is 2.19. The van der Waals surface area contributed by atoms with Gasteiger partial charge in [0.25, 0.3) is 0 Å². The number of nitrogens with two attached hydrogens (primary N) is 1. The van der Waals surface area contributed by atoms with E-state index in [1.165, 1.54) is 0 Å². The summed E-state index contributed by atoms with van der Waals surface area (Å²) < 4.78 is 0. The van der Waals surface area contributed by atoms with E-state index in [1.807, 2.05) is 18.2 Å². The van der Waals surface area contributed by atoms with Crippen LogP contribution in [0.25, 0.3) is 0 Å². The maximum Gasteiger partial charge on any atom is 0.0819 e. The number of nitrogens with zero attached hydrogens (tertiary/aromatic N) is 1. The Morgan fingerprint density at radius 1 is 1.57 bits per heavy atom. The van der Waals surface area contributed by atoms with Crippen molar-refractivity contribution in [3.8, 4) is 0 Å². The average molecular weight is 208 g/mol. The summed E-state index contributed by atoms with van der Waals surface area (Å²) in [6, 6.07) is 5.86. The summed E-state index contributed by atoms with van der Waals surface area (Å²) >= 11 is 5.05. The summed E-state index contributed by atoms with van der Waals surface area (Å²) in [7, 11) is 0. The molecule has 1 atom stereocenters. The minimum Gasteiger partial charge on any atom is -0.393 e. The third-order valence-corrected chi connectivity index (χ3v) is 2.52. The van der Waals surface area contributed by atoms with Crippen LogP contribution in [-0.2, 0) is 0 Å². The molecule has 0 aliphatic heterocycles. The van der Waals surface area contributed by atoms with Gasteiger partial charge in [-0.15, -0.1) is 0 Å². The number of unbranched alkanes of at least 4 members (excludes halogenated alkanes) is 1. The van der Waals surface area contributed by atoms with Crippen molar-refractivity contribution in [2.45, 2.75) is 32.1 Å². The highest BCUT2D eigenvalue weighted by atomic mass is 32.1. The first-order valence-electron chi connectivity index (χ1n) is 4.96. The molecular formula is C11H16N2S. The molecule has 3 heteroatoms. The van der Waals surface area contributed by atoms with E-state index in [9.17, 15) is 0 Å². The van der Waals surface area contributed by atoms with Gasteiger partial charge in [0.05, 0.1) is 16.6 Å². The molecule has 0 fully saturated rings. The van der Waals surface area contributed by atoms with E-state index >= 15 is 0 Å². The fourth-order valence-electron chi connectivity index (χ4n) is 1.43. The molecule has 0 radical (unpaired) electrons. The molecule has 1 unspecified atom stereocenters. The first-order chi connectivity index (χ1) is 6.75. The van der Waals surface area contributed by atoms with Crippen LogP contribution in [0.3, 0.4) is 0 Å². The Balaban J connectivity index is 2.73. The minimum absolute atomic E-state index is 0.145. The van der Waals surface area contributed by atoms with Crippen LogP contribution in [0.2, 0.25) is 0 Å². The van der Waals surface area contributed by atoms with Crippen molar-refractivity contribution < 1.29 is 0 Å². The van der Waals surface area contributed by atoms with Crippen molar-refractivity contribution in [2.75, 3.05) is 0 Å². The van der Waals surface area contributed by atoms with E-state index in [4.69, 9.17) is 18.0 Å². The molecule has 0 bridgehead atoms. The summed E-state index contributed by atoms with van der Waals surface area (Å²) in [6.07, 6.45) is 5.08. The number of rotatable bonds is 5. The molecule has 0 amide bonds. The van der Waals surface area contributed by atoms with Gasteiger partial charge in [-0.1, -0.05) is 38.0 Å². The number of hydrogen-bond acceptors (Lipinski definition) is 2. The Bertz CT molecular complexity index is 285. The van der Waals surface area contributed by atoms with Crippen molar-refractivity contribution in [3.63, 3.8) is 0 Å². The van der Waals surface area contributed by atoms with Crippen LogP contribution in [0.1, 0.15) is 37.8 Å². The Morgan fingerprint density at radius 2 is 2.36 bits per heavy atom. The van der Waals surface area contributed by atoms with E-state index in [-0.39, 0.29) is 5.92 Å². The van der Waals surface area contributed by atoms with Gasteiger partial charge in [0, 0.05) is 6.20 Å². The van der Waals surface area contributed by atoms with Gasteiger partial charge in [-0.3, -0.25) is 4.98 Å². The second-order valence-electron chi connectivity index (χ2n) is 3.35. The summed E-state index contributed by atoms with van der Waals surface area (Å²) in [5.74, 6) is 0.145. The Labute approximate surface area is 90.5 Å². The lowest BCUT2D eigenvalue weighted by Crippen LogP contribution is -2.20. The zero-order chi connectivity index (χ0) is 10.4. The molecule has 2 nitrogen and oxygen atoms in total. The normalized spacial score (nSPS) is 12.4. The van der Waals surface area contributed by atoms with Gasteiger partial charge in [0.15, 0.2) is 0 Å². The summed E-state index contributed by atoms with van der Waals surface area (Å²) in [5.41, 5.74) is 6.69. The molecule has 1 heterocycles. The fourth-order valence-corrected chi connectivity index (χ4v) is 1.66. The Kier molecular flexibility index (Phi) is 4.53. The van der Waals surface area contributed by atoms with Gasteiger partial charge >= 0.3 is 0 Å². The van der Waals surface area contributed by atoms with Crippen molar-refractivity contribution >= 4 is 17.2 Å². The molecule has 1 rings (SSSR count). The lowest BCUT2D eigenvalue weighted by atomic mass is 9.98. The van der Waals surface area contributed by atoms with Crippen molar-refractivity contribution in [1.29, 1.82) is 0 Å². The predicted molar refractivity (Wildman–Crippen MR) is 63.3 cm³/mol. The monoisotopic (exact) mass is 208 g/mol. The second kappa shape index (κ2) is 5.70. The highest BCUT2D eigenvalue weighted by Crippen LogP contribution is 2.20. The first kappa shape index (κ1) is 11.1. The Morgan fingerprint density at radius 3 is 2.86 bits per heavy atom. The molecule has 0 aliphatic rings. The molecule has 76 valence electrons. The van der Waals surface area contributed by atoms with Gasteiger partial charge in [-0.25, -0.2) is 0 Å². The third kappa shape index (κ3) is 3.07. The standard InChI is InChI=1S/C11H16N2S/c1-2-3-6-9(11(12)14)10-7-4-5-8-13-10/h4-5,7-9H,2-3,6H2,1H3,(H2,12,14). The highest BCUT2D eigenvalue weighted by Gasteiger charge is 2.14. The van der Waals surface area contributed by atoms with Crippen LogP contribution in [-0.4, -0.2) is 9.97 Å². The van der Waals surface area contributed by atoms with Gasteiger partial charge in [-0.2, -0.15) is 0 Å². The van der Waals surface area contributed by atoms with E-state index < -0.39 is 0 Å². The minimum atomic E-state index is 0.145. The van der Waals surface area contributed by atoms with Gasteiger partial charge in [0.1, 0.15) is 0 Å². The highest BCUT2D eigenvalue weighted by molar-refractivity contribution is 7.80. The molecule has 1 aromatic heterocycles. The lowest BCUT2D eigenvalue weighted by Gasteiger charge is -2.13. The predicted octanol–water partition coefficient (Wildman–Crippen LogP) is 2.64. The quantitative estimate of drug-likeness (QED) is 0.756. The maximum absolute atomic E-state index is 5.70. The molecule has 2 N–H and O–H groups in total. The first-order valence-corrected chi connectivity index (χ1v) is 5.36. The van der Waals surface area contributed by atoms with Crippen LogP contribution < -0.4 is 5.73 Å². The molecular weight excluding hydrogens is 192 g/mol. The van der Waals surface area contributed by atoms with Crippen LogP contribution in [0.15, 0.2) is 24.4 Å². The van der Waals surface area contributed by atoms with E-state index in [2.05, 4.69) is 11.9 Å². The van der Waals surface area contributed by atoms with Crippen LogP contribution in [0.5, 0.6) is 0 Å². The number of thiocarbonyl (C=S) groups is 1. The molecule has 0 aromatic carbocycles. The van der Waals surface area contributed by atoms with Crippen molar-refractivity contribution in [3.05, 3.63) is 30.1 Å². The maximum atomic E-state index is 5.70. The number of pyridine rings is 1. The van der Waals surface area contributed by atoms with Crippen LogP contribution >= 0.6 is 12.2 Å². The van der Waals surface area contributed by atoms with E-state index in [1.54, 1.807) is 6.20 Å². The molecule has 0 spiro atoms. The molecule has 0 saturated carbocycles.